The fourth-order valence-corrected chi connectivity index (χ4v) is 3.62. The van der Waals surface area contributed by atoms with E-state index in [0.717, 1.165) is 15.9 Å². The van der Waals surface area contributed by atoms with Crippen LogP contribution in [0.1, 0.15) is 43.4 Å². The standard InChI is InChI=1S/C13H16BrCl/c1-8-10(14)7-11(15)9-5-4-6-13(2,3)12(8)9/h7H,4-6H2,1-3H3. The second-order valence-electron chi connectivity index (χ2n) is 5.06. The van der Waals surface area contributed by atoms with Crippen molar-refractivity contribution in [2.24, 2.45) is 0 Å². The molecule has 1 aromatic rings. The monoisotopic (exact) mass is 286 g/mol. The van der Waals surface area contributed by atoms with E-state index in [4.69, 9.17) is 11.6 Å². The molecule has 15 heavy (non-hydrogen) atoms. The molecule has 0 nitrogen and oxygen atoms in total. The van der Waals surface area contributed by atoms with Crippen LogP contribution in [0.5, 0.6) is 0 Å². The van der Waals surface area contributed by atoms with Gasteiger partial charge in [0.2, 0.25) is 0 Å². The van der Waals surface area contributed by atoms with Crippen molar-refractivity contribution in [1.82, 2.24) is 0 Å². The summed E-state index contributed by atoms with van der Waals surface area (Å²) in [5.41, 5.74) is 4.46. The van der Waals surface area contributed by atoms with Gasteiger partial charge in [0.1, 0.15) is 0 Å². The topological polar surface area (TPSA) is 0 Å². The molecule has 0 fully saturated rings. The molecule has 0 aromatic heterocycles. The maximum Gasteiger partial charge on any atom is 0.0452 e. The van der Waals surface area contributed by atoms with Crippen LogP contribution in [0.2, 0.25) is 5.02 Å². The lowest BCUT2D eigenvalue weighted by atomic mass is 9.71. The van der Waals surface area contributed by atoms with Crippen molar-refractivity contribution in [3.63, 3.8) is 0 Å². The molecule has 0 spiro atoms. The molecule has 1 aliphatic carbocycles. The molecule has 82 valence electrons. The molecule has 1 aliphatic rings. The molecule has 2 heteroatoms. The molecule has 0 saturated heterocycles. The Morgan fingerprint density at radius 1 is 1.40 bits per heavy atom. The smallest absolute Gasteiger partial charge is 0.0452 e. The van der Waals surface area contributed by atoms with Crippen molar-refractivity contribution in [2.75, 3.05) is 0 Å². The number of hydrogen-bond acceptors (Lipinski definition) is 0. The van der Waals surface area contributed by atoms with E-state index in [0.29, 0.717) is 0 Å². The summed E-state index contributed by atoms with van der Waals surface area (Å²) in [7, 11) is 0. The summed E-state index contributed by atoms with van der Waals surface area (Å²) in [5, 5.41) is 0.926. The molecule has 0 heterocycles. The molecular weight excluding hydrogens is 272 g/mol. The van der Waals surface area contributed by atoms with Crippen molar-refractivity contribution < 1.29 is 0 Å². The number of benzene rings is 1. The van der Waals surface area contributed by atoms with Gasteiger partial charge in [-0.15, -0.1) is 0 Å². The zero-order chi connectivity index (χ0) is 11.2. The number of rotatable bonds is 0. The summed E-state index contributed by atoms with van der Waals surface area (Å²) >= 11 is 9.91. The van der Waals surface area contributed by atoms with Crippen molar-refractivity contribution in [2.45, 2.75) is 45.4 Å². The van der Waals surface area contributed by atoms with Gasteiger partial charge in [0.05, 0.1) is 0 Å². The summed E-state index contributed by atoms with van der Waals surface area (Å²) in [5.74, 6) is 0. The summed E-state index contributed by atoms with van der Waals surface area (Å²) in [4.78, 5) is 0. The fourth-order valence-electron chi connectivity index (χ4n) is 2.76. The highest BCUT2D eigenvalue weighted by atomic mass is 79.9. The number of fused-ring (bicyclic) bond motifs is 1. The van der Waals surface area contributed by atoms with E-state index < -0.39 is 0 Å². The van der Waals surface area contributed by atoms with Crippen LogP contribution in [0.4, 0.5) is 0 Å². The SMILES string of the molecule is Cc1c(Br)cc(Cl)c2c1C(C)(C)CCC2. The van der Waals surface area contributed by atoms with Crippen LogP contribution >= 0.6 is 27.5 Å². The highest BCUT2D eigenvalue weighted by molar-refractivity contribution is 9.10. The lowest BCUT2D eigenvalue weighted by Crippen LogP contribution is -2.25. The Bertz CT molecular complexity index is 407. The average Bonchev–Trinajstić information content (AvgIpc) is 2.13. The largest absolute Gasteiger partial charge is 0.0840 e. The minimum Gasteiger partial charge on any atom is -0.0840 e. The van der Waals surface area contributed by atoms with Crippen molar-refractivity contribution in [1.29, 1.82) is 0 Å². The third-order valence-corrected chi connectivity index (χ3v) is 4.64. The van der Waals surface area contributed by atoms with Crippen LogP contribution < -0.4 is 0 Å². The Hall–Kier alpha value is -0.0100. The second-order valence-corrected chi connectivity index (χ2v) is 6.32. The van der Waals surface area contributed by atoms with E-state index >= 15 is 0 Å². The maximum absolute atomic E-state index is 6.32. The van der Waals surface area contributed by atoms with Crippen LogP contribution in [0.3, 0.4) is 0 Å². The van der Waals surface area contributed by atoms with Crippen LogP contribution in [-0.2, 0) is 11.8 Å². The normalized spacial score (nSPS) is 18.7. The molecular formula is C13H16BrCl. The predicted molar refractivity (Wildman–Crippen MR) is 69.9 cm³/mol. The van der Waals surface area contributed by atoms with Gasteiger partial charge in [-0.3, -0.25) is 0 Å². The molecule has 2 rings (SSSR count). The summed E-state index contributed by atoms with van der Waals surface area (Å²) in [6.45, 7) is 6.83. The first-order chi connectivity index (χ1) is 6.93. The van der Waals surface area contributed by atoms with Gasteiger partial charge in [0, 0.05) is 9.50 Å². The van der Waals surface area contributed by atoms with E-state index in [1.165, 1.54) is 29.5 Å². The molecule has 0 radical (unpaired) electrons. The Labute approximate surface area is 105 Å². The van der Waals surface area contributed by atoms with E-state index in [1.807, 2.05) is 6.07 Å². The zero-order valence-corrected chi connectivity index (χ0v) is 11.8. The molecule has 0 N–H and O–H groups in total. The van der Waals surface area contributed by atoms with E-state index in [2.05, 4.69) is 36.7 Å². The number of hydrogen-bond donors (Lipinski definition) is 0. The van der Waals surface area contributed by atoms with Gasteiger partial charge in [0.25, 0.3) is 0 Å². The van der Waals surface area contributed by atoms with Crippen molar-refractivity contribution in [3.8, 4) is 0 Å². The summed E-state index contributed by atoms with van der Waals surface area (Å²) < 4.78 is 1.14. The minimum absolute atomic E-state index is 0.269. The Balaban J connectivity index is 2.74. The fraction of sp³-hybridized carbons (Fsp3) is 0.538. The summed E-state index contributed by atoms with van der Waals surface area (Å²) in [6.07, 6.45) is 3.64. The lowest BCUT2D eigenvalue weighted by molar-refractivity contribution is 0.429. The van der Waals surface area contributed by atoms with Gasteiger partial charge in [0.15, 0.2) is 0 Å². The summed E-state index contributed by atoms with van der Waals surface area (Å²) in [6, 6.07) is 2.04. The second kappa shape index (κ2) is 3.78. The van der Waals surface area contributed by atoms with Gasteiger partial charge in [-0.05, 0) is 54.4 Å². The minimum atomic E-state index is 0.269. The van der Waals surface area contributed by atoms with Crippen LogP contribution in [-0.4, -0.2) is 0 Å². The average molecular weight is 288 g/mol. The zero-order valence-electron chi connectivity index (χ0n) is 9.45. The van der Waals surface area contributed by atoms with Gasteiger partial charge in [-0.1, -0.05) is 41.4 Å². The Morgan fingerprint density at radius 2 is 2.07 bits per heavy atom. The highest BCUT2D eigenvalue weighted by Gasteiger charge is 2.30. The van der Waals surface area contributed by atoms with Gasteiger partial charge in [-0.25, -0.2) is 0 Å². The van der Waals surface area contributed by atoms with Crippen LogP contribution in [0.15, 0.2) is 10.5 Å². The Kier molecular flexibility index (Phi) is 2.89. The van der Waals surface area contributed by atoms with E-state index in [-0.39, 0.29) is 5.41 Å². The molecule has 0 unspecified atom stereocenters. The molecule has 0 bridgehead atoms. The quantitative estimate of drug-likeness (QED) is 0.628. The van der Waals surface area contributed by atoms with Crippen LogP contribution in [0, 0.1) is 6.92 Å². The first kappa shape index (κ1) is 11.5. The van der Waals surface area contributed by atoms with Gasteiger partial charge in [-0.2, -0.15) is 0 Å². The Morgan fingerprint density at radius 3 is 2.73 bits per heavy atom. The first-order valence-corrected chi connectivity index (χ1v) is 6.58. The molecule has 0 aliphatic heterocycles. The van der Waals surface area contributed by atoms with Crippen LogP contribution in [0.25, 0.3) is 0 Å². The first-order valence-electron chi connectivity index (χ1n) is 5.41. The third-order valence-electron chi connectivity index (χ3n) is 3.48. The maximum atomic E-state index is 6.32. The molecule has 0 saturated carbocycles. The van der Waals surface area contributed by atoms with E-state index in [1.54, 1.807) is 0 Å². The molecule has 1 aromatic carbocycles. The lowest BCUT2D eigenvalue weighted by Gasteiger charge is -2.35. The molecule has 0 atom stereocenters. The highest BCUT2D eigenvalue weighted by Crippen LogP contribution is 2.43. The van der Waals surface area contributed by atoms with E-state index in [9.17, 15) is 0 Å². The predicted octanol–water partition coefficient (Wildman–Crippen LogP) is 5.02. The molecule has 0 amide bonds. The van der Waals surface area contributed by atoms with Crippen molar-refractivity contribution in [3.05, 3.63) is 32.3 Å². The van der Waals surface area contributed by atoms with Gasteiger partial charge >= 0.3 is 0 Å². The van der Waals surface area contributed by atoms with Crippen molar-refractivity contribution >= 4 is 27.5 Å². The third kappa shape index (κ3) is 1.85. The van der Waals surface area contributed by atoms with Gasteiger partial charge < -0.3 is 0 Å². The number of halogens is 2.